The SMILES string of the molecule is C/C=C/COC(=O)c1cccc(NC(C)=O)c1. The minimum absolute atomic E-state index is 0.176. The van der Waals surface area contributed by atoms with Crippen LogP contribution >= 0.6 is 0 Å². The molecule has 17 heavy (non-hydrogen) atoms. The van der Waals surface area contributed by atoms with Gasteiger partial charge >= 0.3 is 5.97 Å². The van der Waals surface area contributed by atoms with Crippen molar-refractivity contribution in [3.05, 3.63) is 42.0 Å². The highest BCUT2D eigenvalue weighted by molar-refractivity contribution is 5.93. The lowest BCUT2D eigenvalue weighted by Crippen LogP contribution is -2.08. The van der Waals surface area contributed by atoms with Crippen molar-refractivity contribution in [2.24, 2.45) is 0 Å². The summed E-state index contributed by atoms with van der Waals surface area (Å²) in [6, 6.07) is 6.63. The fraction of sp³-hybridized carbons (Fsp3) is 0.231. The van der Waals surface area contributed by atoms with Gasteiger partial charge in [0.25, 0.3) is 0 Å². The molecule has 0 atom stereocenters. The highest BCUT2D eigenvalue weighted by atomic mass is 16.5. The number of rotatable bonds is 4. The summed E-state index contributed by atoms with van der Waals surface area (Å²) in [5.74, 6) is -0.584. The summed E-state index contributed by atoms with van der Waals surface area (Å²) >= 11 is 0. The molecule has 90 valence electrons. The van der Waals surface area contributed by atoms with Crippen molar-refractivity contribution in [3.63, 3.8) is 0 Å². The lowest BCUT2D eigenvalue weighted by atomic mass is 10.2. The van der Waals surface area contributed by atoms with Gasteiger partial charge in [-0.2, -0.15) is 0 Å². The first-order chi connectivity index (χ1) is 8.13. The van der Waals surface area contributed by atoms with Crippen molar-refractivity contribution in [2.75, 3.05) is 11.9 Å². The summed E-state index contributed by atoms with van der Waals surface area (Å²) in [5.41, 5.74) is 0.999. The molecular weight excluding hydrogens is 218 g/mol. The van der Waals surface area contributed by atoms with Gasteiger partial charge < -0.3 is 10.1 Å². The predicted molar refractivity (Wildman–Crippen MR) is 65.8 cm³/mol. The first-order valence-corrected chi connectivity index (χ1v) is 5.29. The molecule has 0 spiro atoms. The molecule has 0 saturated heterocycles. The van der Waals surface area contributed by atoms with Crippen molar-refractivity contribution in [1.29, 1.82) is 0 Å². The molecule has 0 aliphatic carbocycles. The van der Waals surface area contributed by atoms with Crippen LogP contribution in [0.4, 0.5) is 5.69 Å². The van der Waals surface area contributed by atoms with Crippen LogP contribution in [0.5, 0.6) is 0 Å². The third-order valence-corrected chi connectivity index (χ3v) is 1.96. The van der Waals surface area contributed by atoms with E-state index >= 15 is 0 Å². The van der Waals surface area contributed by atoms with Gasteiger partial charge in [0.15, 0.2) is 0 Å². The van der Waals surface area contributed by atoms with Crippen LogP contribution in [0, 0.1) is 0 Å². The van der Waals surface area contributed by atoms with Gasteiger partial charge in [0.2, 0.25) is 5.91 Å². The van der Waals surface area contributed by atoms with Crippen molar-refractivity contribution < 1.29 is 14.3 Å². The number of amides is 1. The number of carbonyl (C=O) groups is 2. The maximum atomic E-state index is 11.6. The summed E-state index contributed by atoms with van der Waals surface area (Å²) in [6.45, 7) is 3.52. The van der Waals surface area contributed by atoms with E-state index in [9.17, 15) is 9.59 Å². The van der Waals surface area contributed by atoms with Gasteiger partial charge in [0.1, 0.15) is 6.61 Å². The summed E-state index contributed by atoms with van der Waals surface area (Å²) < 4.78 is 4.99. The fourth-order valence-corrected chi connectivity index (χ4v) is 1.23. The first kappa shape index (κ1) is 13.0. The Labute approximate surface area is 100 Å². The molecule has 0 unspecified atom stereocenters. The minimum Gasteiger partial charge on any atom is -0.458 e. The number of hydrogen-bond acceptors (Lipinski definition) is 3. The quantitative estimate of drug-likeness (QED) is 0.641. The molecule has 0 heterocycles. The number of hydrogen-bond donors (Lipinski definition) is 1. The second-order valence-corrected chi connectivity index (χ2v) is 3.43. The highest BCUT2D eigenvalue weighted by Gasteiger charge is 2.07. The zero-order valence-corrected chi connectivity index (χ0v) is 9.90. The molecule has 0 aliphatic heterocycles. The van der Waals surface area contributed by atoms with E-state index in [1.54, 1.807) is 36.4 Å². The zero-order valence-electron chi connectivity index (χ0n) is 9.90. The fourth-order valence-electron chi connectivity index (χ4n) is 1.23. The topological polar surface area (TPSA) is 55.4 Å². The Hall–Kier alpha value is -2.10. The molecule has 1 aromatic carbocycles. The number of esters is 1. The maximum Gasteiger partial charge on any atom is 0.338 e. The Balaban J connectivity index is 2.70. The molecule has 0 bridgehead atoms. The van der Waals surface area contributed by atoms with Crippen LogP contribution in [-0.2, 0) is 9.53 Å². The molecule has 0 fully saturated rings. The Morgan fingerprint density at radius 1 is 1.41 bits per heavy atom. The van der Waals surface area contributed by atoms with Crippen molar-refractivity contribution in [3.8, 4) is 0 Å². The van der Waals surface area contributed by atoms with Gasteiger partial charge in [0, 0.05) is 12.6 Å². The van der Waals surface area contributed by atoms with E-state index in [2.05, 4.69) is 5.32 Å². The number of allylic oxidation sites excluding steroid dienone is 1. The summed E-state index contributed by atoms with van der Waals surface area (Å²) in [4.78, 5) is 22.5. The Kier molecular flexibility index (Phi) is 4.94. The molecule has 1 aromatic rings. The first-order valence-electron chi connectivity index (χ1n) is 5.29. The average molecular weight is 233 g/mol. The number of ether oxygens (including phenoxy) is 1. The monoisotopic (exact) mass is 233 g/mol. The molecular formula is C13H15NO3. The van der Waals surface area contributed by atoms with Gasteiger partial charge in [-0.3, -0.25) is 4.79 Å². The smallest absolute Gasteiger partial charge is 0.338 e. The van der Waals surface area contributed by atoms with Gasteiger partial charge in [-0.05, 0) is 25.1 Å². The number of benzene rings is 1. The largest absolute Gasteiger partial charge is 0.458 e. The van der Waals surface area contributed by atoms with Crippen LogP contribution in [0.15, 0.2) is 36.4 Å². The molecule has 0 aliphatic rings. The lowest BCUT2D eigenvalue weighted by Gasteiger charge is -2.05. The second-order valence-electron chi connectivity index (χ2n) is 3.43. The number of anilines is 1. The Morgan fingerprint density at radius 3 is 2.82 bits per heavy atom. The summed E-state index contributed by atoms with van der Waals surface area (Å²) in [6.07, 6.45) is 3.55. The molecule has 1 rings (SSSR count). The van der Waals surface area contributed by atoms with E-state index < -0.39 is 5.97 Å². The van der Waals surface area contributed by atoms with Crippen LogP contribution < -0.4 is 5.32 Å². The third kappa shape index (κ3) is 4.51. The van der Waals surface area contributed by atoms with Crippen LogP contribution in [-0.4, -0.2) is 18.5 Å². The normalized spacial score (nSPS) is 10.2. The average Bonchev–Trinajstić information content (AvgIpc) is 2.28. The second kappa shape index (κ2) is 6.48. The van der Waals surface area contributed by atoms with Crippen LogP contribution in [0.1, 0.15) is 24.2 Å². The van der Waals surface area contributed by atoms with Gasteiger partial charge in [-0.1, -0.05) is 18.2 Å². The van der Waals surface area contributed by atoms with Crippen molar-refractivity contribution in [1.82, 2.24) is 0 Å². The molecule has 4 heteroatoms. The standard InChI is InChI=1S/C13H15NO3/c1-3-4-8-17-13(16)11-6-5-7-12(9-11)14-10(2)15/h3-7,9H,8H2,1-2H3,(H,14,15)/b4-3+. The number of carbonyl (C=O) groups excluding carboxylic acids is 2. The van der Waals surface area contributed by atoms with Gasteiger partial charge in [-0.25, -0.2) is 4.79 Å². The minimum atomic E-state index is -0.407. The third-order valence-electron chi connectivity index (χ3n) is 1.96. The lowest BCUT2D eigenvalue weighted by molar-refractivity contribution is -0.114. The maximum absolute atomic E-state index is 11.6. The zero-order chi connectivity index (χ0) is 12.7. The Bertz CT molecular complexity index is 438. The molecule has 0 aromatic heterocycles. The highest BCUT2D eigenvalue weighted by Crippen LogP contribution is 2.11. The molecule has 0 radical (unpaired) electrons. The summed E-state index contributed by atoms with van der Waals surface area (Å²) in [7, 11) is 0. The van der Waals surface area contributed by atoms with E-state index in [1.807, 2.05) is 6.92 Å². The van der Waals surface area contributed by atoms with Crippen LogP contribution in [0.25, 0.3) is 0 Å². The van der Waals surface area contributed by atoms with Crippen LogP contribution in [0.2, 0.25) is 0 Å². The molecule has 1 N–H and O–H groups in total. The predicted octanol–water partition coefficient (Wildman–Crippen LogP) is 2.38. The van der Waals surface area contributed by atoms with E-state index in [4.69, 9.17) is 4.74 Å². The molecule has 0 saturated carbocycles. The van der Waals surface area contributed by atoms with Gasteiger partial charge in [0.05, 0.1) is 5.56 Å². The van der Waals surface area contributed by atoms with E-state index in [0.29, 0.717) is 11.3 Å². The molecule has 1 amide bonds. The van der Waals surface area contributed by atoms with E-state index in [-0.39, 0.29) is 12.5 Å². The van der Waals surface area contributed by atoms with Crippen molar-refractivity contribution >= 4 is 17.6 Å². The molecule has 4 nitrogen and oxygen atoms in total. The van der Waals surface area contributed by atoms with E-state index in [1.165, 1.54) is 6.92 Å². The Morgan fingerprint density at radius 2 is 2.18 bits per heavy atom. The van der Waals surface area contributed by atoms with E-state index in [0.717, 1.165) is 0 Å². The number of nitrogens with one attached hydrogen (secondary N) is 1. The summed E-state index contributed by atoms with van der Waals surface area (Å²) in [5, 5.41) is 2.61. The van der Waals surface area contributed by atoms with Crippen LogP contribution in [0.3, 0.4) is 0 Å². The van der Waals surface area contributed by atoms with Gasteiger partial charge in [-0.15, -0.1) is 0 Å². The van der Waals surface area contributed by atoms with Crippen molar-refractivity contribution in [2.45, 2.75) is 13.8 Å².